The Labute approximate surface area is 319 Å². The highest BCUT2D eigenvalue weighted by Crippen LogP contribution is 2.44. The van der Waals surface area contributed by atoms with Gasteiger partial charge in [0.15, 0.2) is 5.65 Å². The second kappa shape index (κ2) is 11.9. The van der Waals surface area contributed by atoms with E-state index in [0.29, 0.717) is 0 Å². The van der Waals surface area contributed by atoms with Crippen LogP contribution in [0.25, 0.3) is 110 Å². The number of aromatic nitrogens is 7. The fourth-order valence-electron chi connectivity index (χ4n) is 8.56. The number of pyridine rings is 3. The Hall–Kier alpha value is -7.77. The highest BCUT2D eigenvalue weighted by atomic mass is 15.1. The molecule has 6 aromatic heterocycles. The van der Waals surface area contributed by atoms with E-state index in [1.807, 2.05) is 48.9 Å². The minimum atomic E-state index is 0.806. The summed E-state index contributed by atoms with van der Waals surface area (Å²) >= 11 is 0. The molecule has 0 aliphatic rings. The zero-order chi connectivity index (χ0) is 36.7. The summed E-state index contributed by atoms with van der Waals surface area (Å²) < 4.78 is 4.26. The smallest absolute Gasteiger partial charge is 0.156 e. The maximum absolute atomic E-state index is 5.23. The van der Waals surface area contributed by atoms with Crippen molar-refractivity contribution in [2.24, 2.45) is 0 Å². The number of imidazole rings is 1. The van der Waals surface area contributed by atoms with E-state index in [2.05, 4.69) is 137 Å². The summed E-state index contributed by atoms with van der Waals surface area (Å²) in [6.07, 6.45) is 9.75. The standard InChI is InChI=1S/C49H29N7/c1-2-10-30(11-3-1)40-28-55-29-41(52-27-44(55)53-40)46-36-15-6-4-13-34(36)45(35-14-5-7-16-37(35)46)33-20-22-42-39(26-33)38-17-9-25-51-49(38)56(42)43-23-21-32-19-18-31-12-8-24-50-47(31)48(32)54-43/h1-29H. The van der Waals surface area contributed by atoms with E-state index in [0.717, 1.165) is 105 Å². The molecule has 0 spiro atoms. The molecule has 7 heteroatoms. The van der Waals surface area contributed by atoms with Crippen molar-refractivity contribution >= 4 is 70.9 Å². The number of hydrogen-bond acceptors (Lipinski definition) is 5. The SMILES string of the molecule is c1ccc(-c2cn3cc(-c4c5ccccc5c(-c5ccc6c(c5)c5cccnc5n6-c5ccc6ccc7cccnc7c6n5)c5ccccc45)ncc3n2)cc1. The molecule has 6 aromatic carbocycles. The second-order valence-electron chi connectivity index (χ2n) is 14.2. The molecule has 0 unspecified atom stereocenters. The Morgan fingerprint density at radius 3 is 1.89 bits per heavy atom. The Morgan fingerprint density at radius 1 is 0.429 bits per heavy atom. The van der Waals surface area contributed by atoms with Gasteiger partial charge in [0.2, 0.25) is 0 Å². The van der Waals surface area contributed by atoms with E-state index in [4.69, 9.17) is 24.9 Å². The molecule has 12 aromatic rings. The number of benzene rings is 6. The average molecular weight is 716 g/mol. The van der Waals surface area contributed by atoms with Crippen LogP contribution in [0, 0.1) is 0 Å². The molecule has 0 fully saturated rings. The molecule has 6 heterocycles. The van der Waals surface area contributed by atoms with Gasteiger partial charge >= 0.3 is 0 Å². The summed E-state index contributed by atoms with van der Waals surface area (Å²) in [5.74, 6) is 0.806. The van der Waals surface area contributed by atoms with Gasteiger partial charge in [-0.3, -0.25) is 14.5 Å². The van der Waals surface area contributed by atoms with E-state index in [-0.39, 0.29) is 0 Å². The van der Waals surface area contributed by atoms with E-state index in [9.17, 15) is 0 Å². The molecule has 0 atom stereocenters. The van der Waals surface area contributed by atoms with Gasteiger partial charge in [-0.05, 0) is 75.1 Å². The second-order valence-corrected chi connectivity index (χ2v) is 14.2. The topological polar surface area (TPSA) is 73.8 Å². The van der Waals surface area contributed by atoms with Gasteiger partial charge in [0.25, 0.3) is 0 Å². The highest BCUT2D eigenvalue weighted by molar-refractivity contribution is 6.22. The van der Waals surface area contributed by atoms with Crippen molar-refractivity contribution in [3.8, 4) is 39.5 Å². The fourth-order valence-corrected chi connectivity index (χ4v) is 8.56. The van der Waals surface area contributed by atoms with Gasteiger partial charge < -0.3 is 4.40 Å². The molecule has 0 aliphatic carbocycles. The number of rotatable bonds is 4. The third-order valence-electron chi connectivity index (χ3n) is 11.1. The van der Waals surface area contributed by atoms with Crippen LogP contribution in [0.3, 0.4) is 0 Å². The quantitative estimate of drug-likeness (QED) is 0.134. The van der Waals surface area contributed by atoms with Crippen LogP contribution in [-0.4, -0.2) is 33.9 Å². The van der Waals surface area contributed by atoms with E-state index < -0.39 is 0 Å². The normalized spacial score (nSPS) is 11.9. The molecule has 56 heavy (non-hydrogen) atoms. The molecule has 260 valence electrons. The lowest BCUT2D eigenvalue weighted by Crippen LogP contribution is -1.99. The first-order valence-electron chi connectivity index (χ1n) is 18.7. The lowest BCUT2D eigenvalue weighted by molar-refractivity contribution is 1.07. The Bertz CT molecular complexity index is 3490. The molecule has 0 amide bonds. The summed E-state index contributed by atoms with van der Waals surface area (Å²) in [6.45, 7) is 0. The van der Waals surface area contributed by atoms with Gasteiger partial charge in [-0.25, -0.2) is 15.0 Å². The monoisotopic (exact) mass is 715 g/mol. The molecule has 7 nitrogen and oxygen atoms in total. The molecule has 0 saturated carbocycles. The molecule has 0 N–H and O–H groups in total. The fraction of sp³-hybridized carbons (Fsp3) is 0. The zero-order valence-corrected chi connectivity index (χ0v) is 29.9. The Morgan fingerprint density at radius 2 is 1.09 bits per heavy atom. The number of fused-ring (bicyclic) bond motifs is 9. The summed E-state index contributed by atoms with van der Waals surface area (Å²) in [5.41, 5.74) is 10.8. The van der Waals surface area contributed by atoms with Crippen LogP contribution in [-0.2, 0) is 0 Å². The summed E-state index contributed by atoms with van der Waals surface area (Å²) in [7, 11) is 0. The zero-order valence-electron chi connectivity index (χ0n) is 29.9. The number of nitrogens with zero attached hydrogens (tertiary/aromatic N) is 7. The van der Waals surface area contributed by atoms with Crippen LogP contribution >= 0.6 is 0 Å². The van der Waals surface area contributed by atoms with Gasteiger partial charge in [-0.2, -0.15) is 0 Å². The maximum Gasteiger partial charge on any atom is 0.156 e. The Balaban J connectivity index is 1.07. The summed E-state index contributed by atoms with van der Waals surface area (Å²) in [4.78, 5) is 24.8. The third-order valence-corrected chi connectivity index (χ3v) is 11.1. The minimum absolute atomic E-state index is 0.806. The minimum Gasteiger partial charge on any atom is -0.303 e. The highest BCUT2D eigenvalue weighted by Gasteiger charge is 2.21. The lowest BCUT2D eigenvalue weighted by Gasteiger charge is -2.17. The summed E-state index contributed by atoms with van der Waals surface area (Å²) in [6, 6.07) is 51.1. The van der Waals surface area contributed by atoms with Crippen LogP contribution < -0.4 is 0 Å². The molecule has 0 bridgehead atoms. The number of hydrogen-bond donors (Lipinski definition) is 0. The van der Waals surface area contributed by atoms with Gasteiger partial charge in [-0.15, -0.1) is 0 Å². The predicted octanol–water partition coefficient (Wildman–Crippen LogP) is 11.6. The van der Waals surface area contributed by atoms with Crippen molar-refractivity contribution in [3.63, 3.8) is 0 Å². The van der Waals surface area contributed by atoms with Gasteiger partial charge in [0, 0.05) is 57.5 Å². The first-order valence-corrected chi connectivity index (χ1v) is 18.7. The van der Waals surface area contributed by atoms with Crippen LogP contribution in [0.15, 0.2) is 177 Å². The van der Waals surface area contributed by atoms with Gasteiger partial charge in [-0.1, -0.05) is 103 Å². The lowest BCUT2D eigenvalue weighted by atomic mass is 9.87. The molecule has 0 aliphatic heterocycles. The molecule has 0 saturated heterocycles. The van der Waals surface area contributed by atoms with Crippen molar-refractivity contribution < 1.29 is 0 Å². The third kappa shape index (κ3) is 4.55. The molecule has 0 radical (unpaired) electrons. The van der Waals surface area contributed by atoms with Crippen molar-refractivity contribution in [2.75, 3.05) is 0 Å². The van der Waals surface area contributed by atoms with E-state index in [1.165, 1.54) is 5.56 Å². The molecular formula is C49H29N7. The molecular weight excluding hydrogens is 687 g/mol. The largest absolute Gasteiger partial charge is 0.303 e. The van der Waals surface area contributed by atoms with Crippen LogP contribution in [0.2, 0.25) is 0 Å². The van der Waals surface area contributed by atoms with Crippen LogP contribution in [0.4, 0.5) is 0 Å². The van der Waals surface area contributed by atoms with Crippen LogP contribution in [0.1, 0.15) is 0 Å². The van der Waals surface area contributed by atoms with Crippen molar-refractivity contribution in [1.82, 2.24) is 33.9 Å². The van der Waals surface area contributed by atoms with Gasteiger partial charge in [0.1, 0.15) is 11.5 Å². The summed E-state index contributed by atoms with van der Waals surface area (Å²) in [5, 5.41) is 8.91. The van der Waals surface area contributed by atoms with Crippen molar-refractivity contribution in [1.29, 1.82) is 0 Å². The van der Waals surface area contributed by atoms with Gasteiger partial charge in [0.05, 0.1) is 34.1 Å². The predicted molar refractivity (Wildman–Crippen MR) is 227 cm³/mol. The van der Waals surface area contributed by atoms with Crippen molar-refractivity contribution in [3.05, 3.63) is 177 Å². The first-order chi connectivity index (χ1) is 27.8. The van der Waals surface area contributed by atoms with E-state index in [1.54, 1.807) is 0 Å². The van der Waals surface area contributed by atoms with Crippen LogP contribution in [0.5, 0.6) is 0 Å². The molecule has 12 rings (SSSR count). The Kier molecular flexibility index (Phi) is 6.50. The average Bonchev–Trinajstić information content (AvgIpc) is 3.84. The first kappa shape index (κ1) is 30.7. The van der Waals surface area contributed by atoms with E-state index >= 15 is 0 Å². The maximum atomic E-state index is 5.23. The van der Waals surface area contributed by atoms with Crippen molar-refractivity contribution in [2.45, 2.75) is 0 Å².